The second kappa shape index (κ2) is 8.86. The van der Waals surface area contributed by atoms with Crippen molar-refractivity contribution in [2.75, 3.05) is 5.32 Å². The molecule has 0 aliphatic carbocycles. The summed E-state index contributed by atoms with van der Waals surface area (Å²) in [4.78, 5) is 18.0. The number of rotatable bonds is 4. The van der Waals surface area contributed by atoms with Crippen LogP contribution in [0.25, 0.3) is 43.8 Å². The number of benzene rings is 4. The maximum atomic E-state index is 12.9. The third-order valence-corrected chi connectivity index (χ3v) is 7.57. The van der Waals surface area contributed by atoms with Crippen LogP contribution in [0.3, 0.4) is 0 Å². The number of hydrogen-bond donors (Lipinski definition) is 1. The van der Waals surface area contributed by atoms with Crippen molar-refractivity contribution in [3.05, 3.63) is 106 Å². The van der Waals surface area contributed by atoms with Gasteiger partial charge in [-0.1, -0.05) is 71.7 Å². The van der Waals surface area contributed by atoms with E-state index in [0.717, 1.165) is 26.8 Å². The molecule has 0 atom stereocenters. The lowest BCUT2D eigenvalue weighted by Gasteiger charge is -2.03. The number of thiophene rings is 1. The van der Waals surface area contributed by atoms with Crippen LogP contribution in [0.5, 0.6) is 0 Å². The van der Waals surface area contributed by atoms with Crippen molar-refractivity contribution >= 4 is 67.3 Å². The Balaban J connectivity index is 1.25. The predicted molar refractivity (Wildman–Crippen MR) is 145 cm³/mol. The zero-order valence-corrected chi connectivity index (χ0v) is 20.4. The van der Waals surface area contributed by atoms with Crippen LogP contribution in [0.4, 0.5) is 5.69 Å². The molecule has 0 radical (unpaired) electrons. The quantitative estimate of drug-likeness (QED) is 0.255. The summed E-state index contributed by atoms with van der Waals surface area (Å²) in [5.41, 5.74) is 5.05. The summed E-state index contributed by atoms with van der Waals surface area (Å²) < 4.78 is 6.82. The van der Waals surface area contributed by atoms with Gasteiger partial charge in [0.1, 0.15) is 10.4 Å². The molecular formula is C28H16Cl2N2O2S. The molecule has 0 saturated heterocycles. The standard InChI is InChI=1S/C28H16Cl2N2O2S/c29-19-10-12-21-24(14-19)35-26(25(21)30)27(33)31-20-11-13-23-22(15-20)32-28(34-23)18-8-6-17(7-9-18)16-4-2-1-3-5-16/h1-15H,(H,31,33). The van der Waals surface area contributed by atoms with E-state index in [1.165, 1.54) is 11.3 Å². The van der Waals surface area contributed by atoms with Crippen LogP contribution in [0.2, 0.25) is 10.0 Å². The van der Waals surface area contributed by atoms with Crippen LogP contribution in [0, 0.1) is 0 Å². The fraction of sp³-hybridized carbons (Fsp3) is 0. The van der Waals surface area contributed by atoms with Gasteiger partial charge < -0.3 is 9.73 Å². The first-order chi connectivity index (χ1) is 17.0. The first-order valence-electron chi connectivity index (χ1n) is 10.8. The highest BCUT2D eigenvalue weighted by molar-refractivity contribution is 7.21. The Kier molecular flexibility index (Phi) is 5.53. The maximum absolute atomic E-state index is 12.9. The number of hydrogen-bond acceptors (Lipinski definition) is 4. The molecule has 0 aliphatic rings. The zero-order chi connectivity index (χ0) is 23.9. The van der Waals surface area contributed by atoms with E-state index in [4.69, 9.17) is 27.6 Å². The van der Waals surface area contributed by atoms with Crippen molar-refractivity contribution in [2.45, 2.75) is 0 Å². The van der Waals surface area contributed by atoms with E-state index in [0.29, 0.717) is 37.6 Å². The molecule has 0 aliphatic heterocycles. The summed E-state index contributed by atoms with van der Waals surface area (Å²) in [5, 5.41) is 4.74. The maximum Gasteiger partial charge on any atom is 0.267 e. The number of oxazole rings is 1. The summed E-state index contributed by atoms with van der Waals surface area (Å²) in [5.74, 6) is 0.236. The normalized spacial score (nSPS) is 11.3. The first-order valence-corrected chi connectivity index (χ1v) is 12.4. The van der Waals surface area contributed by atoms with Crippen LogP contribution in [-0.4, -0.2) is 10.9 Å². The van der Waals surface area contributed by atoms with Crippen molar-refractivity contribution in [1.82, 2.24) is 4.98 Å². The number of nitrogens with one attached hydrogen (secondary N) is 1. The van der Waals surface area contributed by atoms with Crippen molar-refractivity contribution in [1.29, 1.82) is 0 Å². The molecule has 6 aromatic rings. The molecule has 0 spiro atoms. The Morgan fingerprint density at radius 1 is 0.829 bits per heavy atom. The van der Waals surface area contributed by atoms with Gasteiger partial charge >= 0.3 is 0 Å². The van der Waals surface area contributed by atoms with Gasteiger partial charge in [-0.05, 0) is 53.6 Å². The minimum atomic E-state index is -0.285. The molecule has 0 unspecified atom stereocenters. The molecule has 1 N–H and O–H groups in total. The molecule has 1 amide bonds. The summed E-state index contributed by atoms with van der Waals surface area (Å²) in [6.07, 6.45) is 0. The summed E-state index contributed by atoms with van der Waals surface area (Å²) in [6.45, 7) is 0. The minimum absolute atomic E-state index is 0.285. The number of amides is 1. The highest BCUT2D eigenvalue weighted by atomic mass is 35.5. The van der Waals surface area contributed by atoms with E-state index >= 15 is 0 Å². The summed E-state index contributed by atoms with van der Waals surface area (Å²) >= 11 is 13.8. The van der Waals surface area contributed by atoms with Crippen LogP contribution in [-0.2, 0) is 0 Å². The predicted octanol–water partition coefficient (Wildman–Crippen LogP) is 8.94. The minimum Gasteiger partial charge on any atom is -0.436 e. The number of aromatic nitrogens is 1. The molecule has 4 nitrogen and oxygen atoms in total. The molecule has 4 aromatic carbocycles. The molecule has 0 bridgehead atoms. The lowest BCUT2D eigenvalue weighted by atomic mass is 10.0. The molecule has 0 saturated carbocycles. The Hall–Kier alpha value is -3.64. The monoisotopic (exact) mass is 514 g/mol. The van der Waals surface area contributed by atoms with Gasteiger partial charge in [0.15, 0.2) is 5.58 Å². The Bertz CT molecular complexity index is 1710. The summed E-state index contributed by atoms with van der Waals surface area (Å²) in [6, 6.07) is 29.0. The van der Waals surface area contributed by atoms with E-state index in [1.54, 1.807) is 30.3 Å². The van der Waals surface area contributed by atoms with Gasteiger partial charge in [0.2, 0.25) is 5.89 Å². The Morgan fingerprint density at radius 3 is 2.37 bits per heavy atom. The molecule has 0 fully saturated rings. The second-order valence-electron chi connectivity index (χ2n) is 7.98. The third kappa shape index (κ3) is 4.19. The number of halogens is 2. The fourth-order valence-corrected chi connectivity index (χ4v) is 5.63. The molecule has 6 rings (SSSR count). The Labute approximate surface area is 214 Å². The first kappa shape index (κ1) is 21.9. The van der Waals surface area contributed by atoms with Gasteiger partial charge in [-0.2, -0.15) is 0 Å². The van der Waals surface area contributed by atoms with Gasteiger partial charge in [-0.15, -0.1) is 11.3 Å². The lowest BCUT2D eigenvalue weighted by Crippen LogP contribution is -2.10. The van der Waals surface area contributed by atoms with Crippen LogP contribution in [0.1, 0.15) is 9.67 Å². The highest BCUT2D eigenvalue weighted by Gasteiger charge is 2.18. The van der Waals surface area contributed by atoms with Gasteiger partial charge in [-0.25, -0.2) is 4.98 Å². The van der Waals surface area contributed by atoms with Gasteiger partial charge in [0.25, 0.3) is 5.91 Å². The van der Waals surface area contributed by atoms with Crippen molar-refractivity contribution in [2.24, 2.45) is 0 Å². The van der Waals surface area contributed by atoms with E-state index in [2.05, 4.69) is 22.4 Å². The molecule has 2 heterocycles. The number of anilines is 1. The average Bonchev–Trinajstić information content (AvgIpc) is 3.45. The van der Waals surface area contributed by atoms with Crippen LogP contribution >= 0.6 is 34.5 Å². The van der Waals surface area contributed by atoms with Crippen molar-refractivity contribution < 1.29 is 9.21 Å². The van der Waals surface area contributed by atoms with Gasteiger partial charge in [0, 0.05) is 26.4 Å². The highest BCUT2D eigenvalue weighted by Crippen LogP contribution is 2.37. The molecular weight excluding hydrogens is 499 g/mol. The second-order valence-corrected chi connectivity index (χ2v) is 9.85. The fourth-order valence-electron chi connectivity index (χ4n) is 3.94. The zero-order valence-electron chi connectivity index (χ0n) is 18.1. The topological polar surface area (TPSA) is 55.1 Å². The number of fused-ring (bicyclic) bond motifs is 2. The van der Waals surface area contributed by atoms with Gasteiger partial charge in [-0.3, -0.25) is 4.79 Å². The molecule has 35 heavy (non-hydrogen) atoms. The molecule has 7 heteroatoms. The lowest BCUT2D eigenvalue weighted by molar-refractivity contribution is 0.103. The van der Waals surface area contributed by atoms with E-state index in [9.17, 15) is 4.79 Å². The number of carbonyl (C=O) groups is 1. The van der Waals surface area contributed by atoms with Gasteiger partial charge in [0.05, 0.1) is 5.02 Å². The van der Waals surface area contributed by atoms with Crippen LogP contribution < -0.4 is 5.32 Å². The third-order valence-electron chi connectivity index (χ3n) is 5.68. The van der Waals surface area contributed by atoms with Crippen molar-refractivity contribution in [3.8, 4) is 22.6 Å². The largest absolute Gasteiger partial charge is 0.436 e. The van der Waals surface area contributed by atoms with E-state index in [1.807, 2.05) is 48.5 Å². The molecule has 170 valence electrons. The van der Waals surface area contributed by atoms with E-state index in [-0.39, 0.29) is 5.91 Å². The molecule has 2 aromatic heterocycles. The van der Waals surface area contributed by atoms with E-state index < -0.39 is 0 Å². The average molecular weight is 515 g/mol. The number of carbonyl (C=O) groups excluding carboxylic acids is 1. The van der Waals surface area contributed by atoms with Crippen molar-refractivity contribution in [3.63, 3.8) is 0 Å². The SMILES string of the molecule is O=C(Nc1ccc2oc(-c3ccc(-c4ccccc4)cc3)nc2c1)c1sc2cc(Cl)ccc2c1Cl. The number of nitrogens with zero attached hydrogens (tertiary/aromatic N) is 1. The Morgan fingerprint density at radius 2 is 1.57 bits per heavy atom. The summed E-state index contributed by atoms with van der Waals surface area (Å²) in [7, 11) is 0. The van der Waals surface area contributed by atoms with Crippen LogP contribution in [0.15, 0.2) is 95.4 Å². The smallest absolute Gasteiger partial charge is 0.267 e.